The number of amides is 1. The Morgan fingerprint density at radius 3 is 1.73 bits per heavy atom. The Balaban J connectivity index is 1.58. The number of carbonyl (C=O) groups excluding carboxylic acids is 1. The third-order valence-corrected chi connectivity index (χ3v) is 4.77. The van der Waals surface area contributed by atoms with Crippen molar-refractivity contribution in [3.63, 3.8) is 0 Å². The fourth-order valence-electron chi connectivity index (χ4n) is 3.40. The van der Waals surface area contributed by atoms with Crippen molar-refractivity contribution >= 4 is 17.3 Å². The fourth-order valence-corrected chi connectivity index (χ4v) is 3.40. The van der Waals surface area contributed by atoms with E-state index >= 15 is 0 Å². The van der Waals surface area contributed by atoms with Crippen LogP contribution >= 0.6 is 0 Å². The van der Waals surface area contributed by atoms with Gasteiger partial charge in [-0.15, -0.1) is 0 Å². The first-order valence-corrected chi connectivity index (χ1v) is 8.54. The molecule has 4 nitrogen and oxygen atoms in total. The van der Waals surface area contributed by atoms with Crippen molar-refractivity contribution in [2.24, 2.45) is 5.92 Å². The van der Waals surface area contributed by atoms with Crippen molar-refractivity contribution in [2.45, 2.75) is 26.7 Å². The molecular weight excluding hydrogens is 274 g/mol. The summed E-state index contributed by atoms with van der Waals surface area (Å²) in [5.74, 6) is 0.385. The summed E-state index contributed by atoms with van der Waals surface area (Å²) >= 11 is 0. The van der Waals surface area contributed by atoms with Crippen molar-refractivity contribution in [2.75, 3.05) is 49.1 Å². The lowest BCUT2D eigenvalue weighted by Crippen LogP contribution is -2.49. The monoisotopic (exact) mass is 301 g/mol. The van der Waals surface area contributed by atoms with E-state index in [1.54, 1.807) is 0 Å². The topological polar surface area (TPSA) is 26.8 Å². The molecule has 0 bridgehead atoms. The number of rotatable bonds is 3. The lowest BCUT2D eigenvalue weighted by molar-refractivity contribution is -0.134. The van der Waals surface area contributed by atoms with Crippen LogP contribution in [-0.4, -0.2) is 50.1 Å². The molecule has 0 spiro atoms. The van der Waals surface area contributed by atoms with Gasteiger partial charge in [-0.2, -0.15) is 0 Å². The van der Waals surface area contributed by atoms with Gasteiger partial charge in [0.15, 0.2) is 0 Å². The third-order valence-electron chi connectivity index (χ3n) is 4.77. The predicted octanol–water partition coefficient (Wildman–Crippen LogP) is 2.59. The zero-order valence-electron chi connectivity index (χ0n) is 13.8. The van der Waals surface area contributed by atoms with Gasteiger partial charge in [-0.3, -0.25) is 4.79 Å². The summed E-state index contributed by atoms with van der Waals surface area (Å²) in [6.07, 6.45) is 2.63. The highest BCUT2D eigenvalue weighted by molar-refractivity contribution is 5.78. The highest BCUT2D eigenvalue weighted by atomic mass is 16.2. The number of nitrogens with zero attached hydrogens (tertiary/aromatic N) is 3. The zero-order chi connectivity index (χ0) is 15.5. The van der Waals surface area contributed by atoms with Gasteiger partial charge in [0.1, 0.15) is 0 Å². The van der Waals surface area contributed by atoms with Crippen LogP contribution in [0.5, 0.6) is 0 Å². The summed E-state index contributed by atoms with van der Waals surface area (Å²) in [5.41, 5.74) is 2.62. The van der Waals surface area contributed by atoms with Crippen LogP contribution in [0.1, 0.15) is 26.7 Å². The molecule has 0 unspecified atom stereocenters. The largest absolute Gasteiger partial charge is 0.372 e. The molecule has 0 aliphatic carbocycles. The van der Waals surface area contributed by atoms with Crippen LogP contribution in [0.2, 0.25) is 0 Å². The highest BCUT2D eigenvalue weighted by Gasteiger charge is 2.23. The van der Waals surface area contributed by atoms with E-state index in [-0.39, 0.29) is 11.8 Å². The van der Waals surface area contributed by atoms with E-state index in [1.165, 1.54) is 37.3 Å². The van der Waals surface area contributed by atoms with Crippen molar-refractivity contribution in [1.82, 2.24) is 4.90 Å². The molecule has 0 aromatic heterocycles. The first-order valence-electron chi connectivity index (χ1n) is 8.54. The molecule has 2 aliphatic heterocycles. The first-order chi connectivity index (χ1) is 10.6. The van der Waals surface area contributed by atoms with Gasteiger partial charge in [-0.1, -0.05) is 13.8 Å². The van der Waals surface area contributed by atoms with E-state index in [4.69, 9.17) is 0 Å². The van der Waals surface area contributed by atoms with E-state index in [0.29, 0.717) is 0 Å². The van der Waals surface area contributed by atoms with Crippen LogP contribution in [0.25, 0.3) is 0 Å². The Morgan fingerprint density at radius 2 is 1.27 bits per heavy atom. The van der Waals surface area contributed by atoms with E-state index in [0.717, 1.165) is 26.2 Å². The Kier molecular flexibility index (Phi) is 4.55. The quantitative estimate of drug-likeness (QED) is 0.858. The maximum atomic E-state index is 12.0. The molecule has 0 N–H and O–H groups in total. The SMILES string of the molecule is CC(C)C(=O)N1CCN(c2ccc(N3CCCC3)cc2)CC1. The second-order valence-electron chi connectivity index (χ2n) is 6.68. The standard InChI is InChI=1S/C18H27N3O/c1-15(2)18(22)21-13-11-20(12-14-21)17-7-5-16(6-8-17)19-9-3-4-10-19/h5-8,15H,3-4,9-14H2,1-2H3. The van der Waals surface area contributed by atoms with Crippen LogP contribution in [0, 0.1) is 5.92 Å². The summed E-state index contributed by atoms with van der Waals surface area (Å²) in [6, 6.07) is 8.94. The summed E-state index contributed by atoms with van der Waals surface area (Å²) in [6.45, 7) is 9.88. The average Bonchev–Trinajstić information content (AvgIpc) is 3.09. The molecule has 22 heavy (non-hydrogen) atoms. The minimum Gasteiger partial charge on any atom is -0.372 e. The Hall–Kier alpha value is -1.71. The minimum atomic E-state index is 0.103. The summed E-state index contributed by atoms with van der Waals surface area (Å²) in [5, 5.41) is 0. The van der Waals surface area contributed by atoms with E-state index in [9.17, 15) is 4.79 Å². The molecule has 0 atom stereocenters. The molecule has 1 aromatic rings. The van der Waals surface area contributed by atoms with Crippen LogP contribution in [0.4, 0.5) is 11.4 Å². The van der Waals surface area contributed by atoms with Crippen LogP contribution in [-0.2, 0) is 4.79 Å². The lowest BCUT2D eigenvalue weighted by Gasteiger charge is -2.37. The summed E-state index contributed by atoms with van der Waals surface area (Å²) in [7, 11) is 0. The molecule has 2 aliphatic rings. The van der Waals surface area contributed by atoms with Crippen molar-refractivity contribution in [3.05, 3.63) is 24.3 Å². The molecule has 0 saturated carbocycles. The fraction of sp³-hybridized carbons (Fsp3) is 0.611. The third kappa shape index (κ3) is 3.21. The maximum Gasteiger partial charge on any atom is 0.225 e. The van der Waals surface area contributed by atoms with Gasteiger partial charge in [0.25, 0.3) is 0 Å². The molecule has 2 heterocycles. The smallest absolute Gasteiger partial charge is 0.225 e. The van der Waals surface area contributed by atoms with Gasteiger partial charge in [0.05, 0.1) is 0 Å². The molecule has 2 saturated heterocycles. The number of carbonyl (C=O) groups is 1. The highest BCUT2D eigenvalue weighted by Crippen LogP contribution is 2.24. The van der Waals surface area contributed by atoms with Gasteiger partial charge < -0.3 is 14.7 Å². The predicted molar refractivity (Wildman–Crippen MR) is 91.5 cm³/mol. The minimum absolute atomic E-state index is 0.103. The maximum absolute atomic E-state index is 12.0. The second-order valence-corrected chi connectivity index (χ2v) is 6.68. The molecular formula is C18H27N3O. The van der Waals surface area contributed by atoms with Crippen molar-refractivity contribution in [3.8, 4) is 0 Å². The van der Waals surface area contributed by atoms with Gasteiger partial charge in [-0.25, -0.2) is 0 Å². The van der Waals surface area contributed by atoms with E-state index in [2.05, 4.69) is 34.1 Å². The van der Waals surface area contributed by atoms with Crippen molar-refractivity contribution < 1.29 is 4.79 Å². The molecule has 0 radical (unpaired) electrons. The van der Waals surface area contributed by atoms with Gasteiger partial charge in [0.2, 0.25) is 5.91 Å². The van der Waals surface area contributed by atoms with Gasteiger partial charge in [-0.05, 0) is 37.1 Å². The lowest BCUT2D eigenvalue weighted by atomic mass is 10.1. The molecule has 2 fully saturated rings. The number of hydrogen-bond donors (Lipinski definition) is 0. The molecule has 3 rings (SSSR count). The number of anilines is 2. The molecule has 120 valence electrons. The number of piperazine rings is 1. The Labute approximate surface area is 133 Å². The van der Waals surface area contributed by atoms with Crippen LogP contribution in [0.15, 0.2) is 24.3 Å². The molecule has 4 heteroatoms. The average molecular weight is 301 g/mol. The molecule has 1 amide bonds. The zero-order valence-corrected chi connectivity index (χ0v) is 13.8. The normalized spacial score (nSPS) is 19.1. The summed E-state index contributed by atoms with van der Waals surface area (Å²) in [4.78, 5) is 18.9. The number of benzene rings is 1. The second kappa shape index (κ2) is 6.59. The van der Waals surface area contributed by atoms with Crippen LogP contribution < -0.4 is 9.80 Å². The van der Waals surface area contributed by atoms with E-state index < -0.39 is 0 Å². The number of hydrogen-bond acceptors (Lipinski definition) is 3. The summed E-state index contributed by atoms with van der Waals surface area (Å²) < 4.78 is 0. The Bertz CT molecular complexity index is 498. The first kappa shape index (κ1) is 15.2. The Morgan fingerprint density at radius 1 is 0.818 bits per heavy atom. The van der Waals surface area contributed by atoms with Crippen LogP contribution in [0.3, 0.4) is 0 Å². The van der Waals surface area contributed by atoms with Gasteiger partial charge in [0, 0.05) is 56.6 Å². The van der Waals surface area contributed by atoms with Gasteiger partial charge >= 0.3 is 0 Å². The molecule has 1 aromatic carbocycles. The van der Waals surface area contributed by atoms with Crippen molar-refractivity contribution in [1.29, 1.82) is 0 Å². The van der Waals surface area contributed by atoms with E-state index in [1.807, 2.05) is 18.7 Å².